The fourth-order valence-electron chi connectivity index (χ4n) is 0.656. The van der Waals surface area contributed by atoms with Gasteiger partial charge < -0.3 is 10.5 Å². The van der Waals surface area contributed by atoms with Crippen LogP contribution in [0.25, 0.3) is 0 Å². The monoisotopic (exact) mass is 159 g/mol. The molecular weight excluding hydrogens is 142 g/mol. The van der Waals surface area contributed by atoms with Gasteiger partial charge in [0.05, 0.1) is 6.61 Å². The van der Waals surface area contributed by atoms with E-state index in [2.05, 4.69) is 6.92 Å². The molecule has 0 spiro atoms. The van der Waals surface area contributed by atoms with Crippen LogP contribution < -0.4 is 5.73 Å². The third-order valence-electron chi connectivity index (χ3n) is 1.36. The van der Waals surface area contributed by atoms with Crippen molar-refractivity contribution in [1.82, 2.24) is 0 Å². The highest BCUT2D eigenvalue weighted by atomic mass is 16.5. The van der Waals surface area contributed by atoms with Crippen molar-refractivity contribution in [3.05, 3.63) is 0 Å². The molecule has 0 aliphatic rings. The second kappa shape index (κ2) is 6.16. The summed E-state index contributed by atoms with van der Waals surface area (Å²) in [5, 5.41) is 0. The summed E-state index contributed by atoms with van der Waals surface area (Å²) in [6, 6.07) is -0.489. The molecule has 0 amide bonds. The molecule has 0 heterocycles. The van der Waals surface area contributed by atoms with Crippen LogP contribution >= 0.6 is 0 Å². The number of unbranched alkanes of at least 4 members (excludes halogenated alkanes) is 2. The van der Waals surface area contributed by atoms with Crippen molar-refractivity contribution < 1.29 is 9.53 Å². The van der Waals surface area contributed by atoms with Gasteiger partial charge in [-0.05, 0) is 13.3 Å². The first-order chi connectivity index (χ1) is 5.18. The van der Waals surface area contributed by atoms with Crippen LogP contribution in [0.4, 0.5) is 0 Å². The third-order valence-corrected chi connectivity index (χ3v) is 1.36. The zero-order valence-corrected chi connectivity index (χ0v) is 7.30. The van der Waals surface area contributed by atoms with Crippen molar-refractivity contribution in [2.24, 2.45) is 5.73 Å². The van der Waals surface area contributed by atoms with Gasteiger partial charge >= 0.3 is 5.97 Å². The van der Waals surface area contributed by atoms with Crippen LogP contribution in [0.1, 0.15) is 33.1 Å². The standard InChI is InChI=1S/C8H17NO2/c1-3-4-5-6-11-8(10)7(2)9/h7H,3-6,9H2,1-2H3/t7-/m1/s1. The Kier molecular flexibility index (Phi) is 5.84. The van der Waals surface area contributed by atoms with Crippen LogP contribution in [0.3, 0.4) is 0 Å². The van der Waals surface area contributed by atoms with Crippen LogP contribution in [-0.4, -0.2) is 18.6 Å². The number of nitrogens with two attached hydrogens (primary N) is 1. The molecule has 0 saturated heterocycles. The predicted molar refractivity (Wildman–Crippen MR) is 44.1 cm³/mol. The number of carbonyl (C=O) groups excluding carboxylic acids is 1. The van der Waals surface area contributed by atoms with Gasteiger partial charge in [0.15, 0.2) is 0 Å². The second-order valence-corrected chi connectivity index (χ2v) is 2.66. The summed E-state index contributed by atoms with van der Waals surface area (Å²) < 4.78 is 4.84. The van der Waals surface area contributed by atoms with Crippen molar-refractivity contribution in [2.75, 3.05) is 6.61 Å². The average Bonchev–Trinajstić information content (AvgIpc) is 1.97. The Bertz CT molecular complexity index is 113. The van der Waals surface area contributed by atoms with Crippen molar-refractivity contribution in [1.29, 1.82) is 0 Å². The number of hydrogen-bond donors (Lipinski definition) is 1. The predicted octanol–water partition coefficient (Wildman–Crippen LogP) is 1.07. The Hall–Kier alpha value is -0.570. The van der Waals surface area contributed by atoms with Crippen molar-refractivity contribution in [3.63, 3.8) is 0 Å². The van der Waals surface area contributed by atoms with Gasteiger partial charge in [0.1, 0.15) is 6.04 Å². The molecule has 0 bridgehead atoms. The largest absolute Gasteiger partial charge is 0.465 e. The first-order valence-corrected chi connectivity index (χ1v) is 4.10. The van der Waals surface area contributed by atoms with E-state index in [4.69, 9.17) is 10.5 Å². The molecule has 0 rings (SSSR count). The van der Waals surface area contributed by atoms with Gasteiger partial charge in [-0.15, -0.1) is 0 Å². The Labute approximate surface area is 67.9 Å². The lowest BCUT2D eigenvalue weighted by Gasteiger charge is -2.05. The fraction of sp³-hybridized carbons (Fsp3) is 0.875. The van der Waals surface area contributed by atoms with Crippen LogP contribution in [0.15, 0.2) is 0 Å². The van der Waals surface area contributed by atoms with E-state index >= 15 is 0 Å². The van der Waals surface area contributed by atoms with Crippen LogP contribution in [0.2, 0.25) is 0 Å². The molecule has 0 saturated carbocycles. The lowest BCUT2D eigenvalue weighted by Crippen LogP contribution is -2.28. The SMILES string of the molecule is CCCCCOC(=O)[C@@H](C)N. The summed E-state index contributed by atoms with van der Waals surface area (Å²) >= 11 is 0. The molecule has 0 radical (unpaired) electrons. The molecule has 3 heteroatoms. The van der Waals surface area contributed by atoms with E-state index in [1.165, 1.54) is 0 Å². The number of ether oxygens (including phenoxy) is 1. The van der Waals surface area contributed by atoms with Gasteiger partial charge in [0.2, 0.25) is 0 Å². The molecule has 0 aromatic rings. The molecule has 0 fully saturated rings. The van der Waals surface area contributed by atoms with Crippen molar-refractivity contribution in [3.8, 4) is 0 Å². The maximum Gasteiger partial charge on any atom is 0.322 e. The lowest BCUT2D eigenvalue weighted by molar-refractivity contribution is -0.144. The van der Waals surface area contributed by atoms with Crippen LogP contribution in [-0.2, 0) is 9.53 Å². The van der Waals surface area contributed by atoms with Gasteiger partial charge in [0, 0.05) is 0 Å². The Morgan fingerprint density at radius 1 is 1.55 bits per heavy atom. The Morgan fingerprint density at radius 3 is 2.64 bits per heavy atom. The molecule has 2 N–H and O–H groups in total. The Morgan fingerprint density at radius 2 is 2.18 bits per heavy atom. The summed E-state index contributed by atoms with van der Waals surface area (Å²) in [5.74, 6) is -0.305. The summed E-state index contributed by atoms with van der Waals surface area (Å²) in [7, 11) is 0. The van der Waals surface area contributed by atoms with E-state index in [1.807, 2.05) is 0 Å². The summed E-state index contributed by atoms with van der Waals surface area (Å²) in [6.07, 6.45) is 3.18. The minimum Gasteiger partial charge on any atom is -0.465 e. The molecule has 0 unspecified atom stereocenters. The topological polar surface area (TPSA) is 52.3 Å². The van der Waals surface area contributed by atoms with E-state index in [9.17, 15) is 4.79 Å². The molecule has 11 heavy (non-hydrogen) atoms. The van der Waals surface area contributed by atoms with Gasteiger partial charge in [-0.2, -0.15) is 0 Å². The third kappa shape index (κ3) is 5.85. The summed E-state index contributed by atoms with van der Waals surface area (Å²) in [5.41, 5.74) is 5.28. The highest BCUT2D eigenvalue weighted by Gasteiger charge is 2.06. The first kappa shape index (κ1) is 10.4. The zero-order valence-electron chi connectivity index (χ0n) is 7.30. The fourth-order valence-corrected chi connectivity index (χ4v) is 0.656. The zero-order chi connectivity index (χ0) is 8.69. The summed E-state index contributed by atoms with van der Waals surface area (Å²) in [6.45, 7) is 4.24. The number of rotatable bonds is 5. The lowest BCUT2D eigenvalue weighted by atomic mass is 10.3. The normalized spacial score (nSPS) is 12.6. The molecule has 3 nitrogen and oxygen atoms in total. The van der Waals surface area contributed by atoms with Crippen molar-refractivity contribution >= 4 is 5.97 Å². The molecule has 66 valence electrons. The van der Waals surface area contributed by atoms with E-state index in [0.717, 1.165) is 19.3 Å². The van der Waals surface area contributed by atoms with Crippen molar-refractivity contribution in [2.45, 2.75) is 39.2 Å². The molecular formula is C8H17NO2. The molecule has 0 aliphatic carbocycles. The minimum atomic E-state index is -0.489. The van der Waals surface area contributed by atoms with Gasteiger partial charge in [0.25, 0.3) is 0 Å². The molecule has 1 atom stereocenters. The van der Waals surface area contributed by atoms with E-state index in [0.29, 0.717) is 6.61 Å². The molecule has 0 aromatic heterocycles. The maximum atomic E-state index is 10.8. The highest BCUT2D eigenvalue weighted by Crippen LogP contribution is 1.94. The number of esters is 1. The van der Waals surface area contributed by atoms with Gasteiger partial charge in [-0.3, -0.25) is 4.79 Å². The van der Waals surface area contributed by atoms with E-state index in [-0.39, 0.29) is 5.97 Å². The van der Waals surface area contributed by atoms with Gasteiger partial charge in [-0.1, -0.05) is 19.8 Å². The second-order valence-electron chi connectivity index (χ2n) is 2.66. The van der Waals surface area contributed by atoms with E-state index < -0.39 is 6.04 Å². The van der Waals surface area contributed by atoms with Crippen LogP contribution in [0, 0.1) is 0 Å². The average molecular weight is 159 g/mol. The molecule has 0 aliphatic heterocycles. The molecule has 0 aromatic carbocycles. The first-order valence-electron chi connectivity index (χ1n) is 4.10. The number of carbonyl (C=O) groups is 1. The number of hydrogen-bond acceptors (Lipinski definition) is 3. The van der Waals surface area contributed by atoms with Gasteiger partial charge in [-0.25, -0.2) is 0 Å². The quantitative estimate of drug-likeness (QED) is 0.482. The summed E-state index contributed by atoms with van der Waals surface area (Å²) in [4.78, 5) is 10.8. The Balaban J connectivity index is 3.18. The smallest absolute Gasteiger partial charge is 0.322 e. The minimum absolute atomic E-state index is 0.305. The highest BCUT2D eigenvalue weighted by molar-refractivity contribution is 5.74. The van der Waals surface area contributed by atoms with E-state index in [1.54, 1.807) is 6.92 Å². The maximum absolute atomic E-state index is 10.8. The van der Waals surface area contributed by atoms with Crippen LogP contribution in [0.5, 0.6) is 0 Å².